The largest absolute Gasteiger partial charge is 0.507 e. The highest BCUT2D eigenvalue weighted by Crippen LogP contribution is 2.20. The van der Waals surface area contributed by atoms with Crippen LogP contribution in [-0.2, 0) is 6.54 Å². The van der Waals surface area contributed by atoms with Gasteiger partial charge in [0.15, 0.2) is 0 Å². The van der Waals surface area contributed by atoms with Gasteiger partial charge in [-0.1, -0.05) is 12.1 Å². The number of aromatic hydroxyl groups is 1. The number of amides is 1. The second kappa shape index (κ2) is 5.77. The number of furan rings is 1. The summed E-state index contributed by atoms with van der Waals surface area (Å²) in [6.07, 6.45) is 1.64. The van der Waals surface area contributed by atoms with Crippen molar-refractivity contribution in [3.05, 3.63) is 63.4 Å². The molecule has 0 radical (unpaired) electrons. The summed E-state index contributed by atoms with van der Waals surface area (Å²) in [7, 11) is 0. The molecule has 3 aromatic rings. The van der Waals surface area contributed by atoms with Crippen LogP contribution >= 0.6 is 22.6 Å². The molecule has 106 valence electrons. The number of hydrogen-bond donors (Lipinski definition) is 2. The average molecular weight is 393 g/mol. The van der Waals surface area contributed by atoms with Crippen LogP contribution in [0.25, 0.3) is 11.0 Å². The van der Waals surface area contributed by atoms with Gasteiger partial charge in [-0.25, -0.2) is 0 Å². The maximum Gasteiger partial charge on any atom is 0.251 e. The van der Waals surface area contributed by atoms with Gasteiger partial charge >= 0.3 is 0 Å². The third-order valence-electron chi connectivity index (χ3n) is 3.18. The number of phenols is 1. The first-order valence-electron chi connectivity index (χ1n) is 6.36. The van der Waals surface area contributed by atoms with Crippen molar-refractivity contribution >= 4 is 39.5 Å². The molecule has 21 heavy (non-hydrogen) atoms. The van der Waals surface area contributed by atoms with E-state index in [0.29, 0.717) is 15.7 Å². The van der Waals surface area contributed by atoms with Gasteiger partial charge in [-0.2, -0.15) is 0 Å². The van der Waals surface area contributed by atoms with Crippen LogP contribution in [0.5, 0.6) is 5.75 Å². The van der Waals surface area contributed by atoms with Crippen molar-refractivity contribution in [2.75, 3.05) is 0 Å². The standard InChI is InChI=1S/C16H12INO3/c17-13-4-3-12(8-14(13)19)16(20)18-9-10-1-2-11-5-6-21-15(11)7-10/h1-8,19H,9H2,(H,18,20). The minimum Gasteiger partial charge on any atom is -0.507 e. The van der Waals surface area contributed by atoms with E-state index in [4.69, 9.17) is 4.42 Å². The average Bonchev–Trinajstić information content (AvgIpc) is 2.95. The second-order valence-electron chi connectivity index (χ2n) is 4.64. The Kier molecular flexibility index (Phi) is 3.83. The van der Waals surface area contributed by atoms with E-state index in [1.54, 1.807) is 18.4 Å². The zero-order chi connectivity index (χ0) is 14.8. The zero-order valence-electron chi connectivity index (χ0n) is 11.0. The van der Waals surface area contributed by atoms with Crippen LogP contribution in [0.2, 0.25) is 0 Å². The predicted octanol–water partition coefficient (Wildman–Crippen LogP) is 3.67. The molecule has 0 saturated heterocycles. The lowest BCUT2D eigenvalue weighted by atomic mass is 10.1. The maximum atomic E-state index is 12.0. The molecule has 3 rings (SSSR count). The van der Waals surface area contributed by atoms with Gasteiger partial charge in [-0.15, -0.1) is 0 Å². The van der Waals surface area contributed by atoms with E-state index in [0.717, 1.165) is 16.5 Å². The van der Waals surface area contributed by atoms with E-state index in [-0.39, 0.29) is 11.7 Å². The Morgan fingerprint density at radius 2 is 2.05 bits per heavy atom. The quantitative estimate of drug-likeness (QED) is 0.668. The van der Waals surface area contributed by atoms with E-state index in [1.807, 2.05) is 46.9 Å². The summed E-state index contributed by atoms with van der Waals surface area (Å²) in [4.78, 5) is 12.0. The summed E-state index contributed by atoms with van der Waals surface area (Å²) in [5, 5.41) is 13.5. The molecular formula is C16H12INO3. The minimum atomic E-state index is -0.221. The number of halogens is 1. The van der Waals surface area contributed by atoms with Crippen molar-refractivity contribution in [3.63, 3.8) is 0 Å². The Morgan fingerprint density at radius 3 is 2.86 bits per heavy atom. The van der Waals surface area contributed by atoms with Gasteiger partial charge in [-0.05, 0) is 58.5 Å². The van der Waals surface area contributed by atoms with Crippen LogP contribution in [0.15, 0.2) is 53.1 Å². The summed E-state index contributed by atoms with van der Waals surface area (Å²) in [6.45, 7) is 0.405. The number of phenolic OH excluding ortho intramolecular Hbond substituents is 1. The number of rotatable bonds is 3. The van der Waals surface area contributed by atoms with Crippen molar-refractivity contribution in [3.8, 4) is 5.75 Å². The Labute approximate surface area is 134 Å². The second-order valence-corrected chi connectivity index (χ2v) is 5.80. The first kappa shape index (κ1) is 13.9. The SMILES string of the molecule is O=C(NCc1ccc2ccoc2c1)c1ccc(I)c(O)c1. The van der Waals surface area contributed by atoms with Gasteiger partial charge in [-0.3, -0.25) is 4.79 Å². The van der Waals surface area contributed by atoms with Gasteiger partial charge in [0.05, 0.1) is 9.83 Å². The number of hydrogen-bond acceptors (Lipinski definition) is 3. The van der Waals surface area contributed by atoms with Gasteiger partial charge in [0.2, 0.25) is 0 Å². The summed E-state index contributed by atoms with van der Waals surface area (Å²) < 4.78 is 6.05. The molecule has 5 heteroatoms. The number of carbonyl (C=O) groups is 1. The van der Waals surface area contributed by atoms with Crippen molar-refractivity contribution in [2.45, 2.75) is 6.54 Å². The van der Waals surface area contributed by atoms with Crippen LogP contribution in [0, 0.1) is 3.57 Å². The predicted molar refractivity (Wildman–Crippen MR) is 88.2 cm³/mol. The van der Waals surface area contributed by atoms with Crippen molar-refractivity contribution in [1.82, 2.24) is 5.32 Å². The molecule has 1 amide bonds. The molecule has 0 unspecified atom stereocenters. The molecule has 2 aromatic carbocycles. The Balaban J connectivity index is 1.71. The Hall–Kier alpha value is -2.02. The molecule has 0 atom stereocenters. The summed E-state index contributed by atoms with van der Waals surface area (Å²) >= 11 is 2.01. The molecule has 0 aliphatic carbocycles. The third-order valence-corrected chi connectivity index (χ3v) is 4.09. The molecule has 0 aliphatic heterocycles. The van der Waals surface area contributed by atoms with E-state index >= 15 is 0 Å². The van der Waals surface area contributed by atoms with Crippen LogP contribution in [0.3, 0.4) is 0 Å². The van der Waals surface area contributed by atoms with Gasteiger partial charge in [0.25, 0.3) is 5.91 Å². The highest BCUT2D eigenvalue weighted by molar-refractivity contribution is 14.1. The monoisotopic (exact) mass is 393 g/mol. The highest BCUT2D eigenvalue weighted by atomic mass is 127. The Bertz CT molecular complexity index is 810. The lowest BCUT2D eigenvalue weighted by Gasteiger charge is -2.06. The molecule has 4 nitrogen and oxygen atoms in total. The van der Waals surface area contributed by atoms with Gasteiger partial charge in [0, 0.05) is 17.5 Å². The number of fused-ring (bicyclic) bond motifs is 1. The van der Waals surface area contributed by atoms with Crippen molar-refractivity contribution in [1.29, 1.82) is 0 Å². The van der Waals surface area contributed by atoms with Gasteiger partial charge in [0.1, 0.15) is 11.3 Å². The fraction of sp³-hybridized carbons (Fsp3) is 0.0625. The molecule has 0 aliphatic rings. The maximum absolute atomic E-state index is 12.0. The smallest absolute Gasteiger partial charge is 0.251 e. The molecule has 1 aromatic heterocycles. The molecule has 0 saturated carbocycles. The van der Waals surface area contributed by atoms with E-state index < -0.39 is 0 Å². The van der Waals surface area contributed by atoms with Crippen LogP contribution in [0.4, 0.5) is 0 Å². The lowest BCUT2D eigenvalue weighted by molar-refractivity contribution is 0.0950. The zero-order valence-corrected chi connectivity index (χ0v) is 13.1. The molecular weight excluding hydrogens is 381 g/mol. The van der Waals surface area contributed by atoms with Crippen molar-refractivity contribution < 1.29 is 14.3 Å². The van der Waals surface area contributed by atoms with E-state index in [1.165, 1.54) is 6.07 Å². The van der Waals surface area contributed by atoms with E-state index in [2.05, 4.69) is 5.32 Å². The molecule has 0 spiro atoms. The molecule has 1 heterocycles. The first-order chi connectivity index (χ1) is 10.1. The summed E-state index contributed by atoms with van der Waals surface area (Å²) in [6, 6.07) is 12.6. The number of carbonyl (C=O) groups excluding carboxylic acids is 1. The number of benzene rings is 2. The highest BCUT2D eigenvalue weighted by Gasteiger charge is 2.08. The molecule has 0 bridgehead atoms. The van der Waals surface area contributed by atoms with Crippen molar-refractivity contribution in [2.24, 2.45) is 0 Å². The molecule has 0 fully saturated rings. The minimum absolute atomic E-state index is 0.111. The third kappa shape index (κ3) is 3.02. The van der Waals surface area contributed by atoms with Crippen LogP contribution in [0.1, 0.15) is 15.9 Å². The fourth-order valence-corrected chi connectivity index (χ4v) is 2.38. The first-order valence-corrected chi connectivity index (χ1v) is 7.44. The number of nitrogens with one attached hydrogen (secondary N) is 1. The van der Waals surface area contributed by atoms with E-state index in [9.17, 15) is 9.90 Å². The van der Waals surface area contributed by atoms with Crippen LogP contribution < -0.4 is 5.32 Å². The van der Waals surface area contributed by atoms with Crippen LogP contribution in [-0.4, -0.2) is 11.0 Å². The fourth-order valence-electron chi connectivity index (χ4n) is 2.05. The normalized spacial score (nSPS) is 10.7. The Morgan fingerprint density at radius 1 is 1.19 bits per heavy atom. The van der Waals surface area contributed by atoms with Gasteiger partial charge < -0.3 is 14.8 Å². The summed E-state index contributed by atoms with van der Waals surface area (Å²) in [5.74, 6) is -0.110. The lowest BCUT2D eigenvalue weighted by Crippen LogP contribution is -2.22. The topological polar surface area (TPSA) is 62.5 Å². The molecule has 2 N–H and O–H groups in total. The summed E-state index contributed by atoms with van der Waals surface area (Å²) in [5.41, 5.74) is 2.20.